The Kier molecular flexibility index (Phi) is 5.08. The highest BCUT2D eigenvalue weighted by atomic mass is 35.5. The van der Waals surface area contributed by atoms with E-state index < -0.39 is 16.6 Å². The monoisotopic (exact) mass is 334 g/mol. The van der Waals surface area contributed by atoms with Gasteiger partial charge in [-0.1, -0.05) is 23.7 Å². The summed E-state index contributed by atoms with van der Waals surface area (Å²) in [5.41, 5.74) is 0.765. The highest BCUT2D eigenvalue weighted by molar-refractivity contribution is 6.32. The largest absolute Gasteiger partial charge is 0.322 e. The van der Waals surface area contributed by atoms with E-state index in [0.717, 1.165) is 6.08 Å². The lowest BCUT2D eigenvalue weighted by atomic mass is 10.1. The van der Waals surface area contributed by atoms with Crippen LogP contribution < -0.4 is 5.32 Å². The summed E-state index contributed by atoms with van der Waals surface area (Å²) in [5.74, 6) is -1.10. The molecule has 7 heteroatoms. The number of rotatable bonds is 4. The maximum Gasteiger partial charge on any atom is 0.274 e. The fourth-order valence-electron chi connectivity index (χ4n) is 1.90. The standard InChI is InChI=1S/C16H12ClFN2O3/c1-10-5-6-11(9-15(10)20(22)23)19-16(21)8-7-12-13(17)3-2-4-14(12)18/h2-9H,1H3,(H,19,21). The van der Waals surface area contributed by atoms with Gasteiger partial charge in [-0.15, -0.1) is 0 Å². The van der Waals surface area contributed by atoms with Crippen LogP contribution in [0.4, 0.5) is 15.8 Å². The van der Waals surface area contributed by atoms with Crippen molar-refractivity contribution in [1.29, 1.82) is 0 Å². The Morgan fingerprint density at radius 3 is 2.74 bits per heavy atom. The number of nitro groups is 1. The molecule has 0 saturated heterocycles. The first-order chi connectivity index (χ1) is 10.9. The van der Waals surface area contributed by atoms with Gasteiger partial charge in [0.25, 0.3) is 5.69 Å². The average Bonchev–Trinajstić information content (AvgIpc) is 2.48. The van der Waals surface area contributed by atoms with Gasteiger partial charge in [0.05, 0.1) is 9.95 Å². The van der Waals surface area contributed by atoms with Crippen molar-refractivity contribution in [2.75, 3.05) is 5.32 Å². The van der Waals surface area contributed by atoms with Gasteiger partial charge in [-0.2, -0.15) is 0 Å². The third-order valence-corrected chi connectivity index (χ3v) is 3.40. The summed E-state index contributed by atoms with van der Waals surface area (Å²) in [5, 5.41) is 13.5. The number of nitrogens with one attached hydrogen (secondary N) is 1. The highest BCUT2D eigenvalue weighted by Gasteiger charge is 2.11. The van der Waals surface area contributed by atoms with Crippen molar-refractivity contribution in [2.45, 2.75) is 6.92 Å². The number of carbonyl (C=O) groups excluding carboxylic acids is 1. The Bertz CT molecular complexity index is 786. The molecule has 0 atom stereocenters. The fourth-order valence-corrected chi connectivity index (χ4v) is 2.12. The van der Waals surface area contributed by atoms with Gasteiger partial charge in [-0.25, -0.2) is 4.39 Å². The van der Waals surface area contributed by atoms with Crippen molar-refractivity contribution in [3.8, 4) is 0 Å². The normalized spacial score (nSPS) is 10.7. The second-order valence-electron chi connectivity index (χ2n) is 4.72. The van der Waals surface area contributed by atoms with Crippen LogP contribution in [0.25, 0.3) is 6.08 Å². The van der Waals surface area contributed by atoms with E-state index in [2.05, 4.69) is 5.32 Å². The van der Waals surface area contributed by atoms with Crippen LogP contribution in [0.3, 0.4) is 0 Å². The molecule has 0 heterocycles. The molecule has 0 saturated carbocycles. The van der Waals surface area contributed by atoms with Crippen LogP contribution in [0.1, 0.15) is 11.1 Å². The number of benzene rings is 2. The quantitative estimate of drug-likeness (QED) is 0.513. The summed E-state index contributed by atoms with van der Waals surface area (Å²) in [6, 6.07) is 8.53. The SMILES string of the molecule is Cc1ccc(NC(=O)C=Cc2c(F)cccc2Cl)cc1[N+](=O)[O-]. The molecule has 1 N–H and O–H groups in total. The van der Waals surface area contributed by atoms with Gasteiger partial charge < -0.3 is 5.32 Å². The molecule has 0 aliphatic heterocycles. The summed E-state index contributed by atoms with van der Waals surface area (Å²) in [7, 11) is 0. The van der Waals surface area contributed by atoms with E-state index in [1.165, 1.54) is 36.4 Å². The Hall–Kier alpha value is -2.73. The maximum atomic E-state index is 13.6. The van der Waals surface area contributed by atoms with Crippen molar-refractivity contribution in [2.24, 2.45) is 0 Å². The van der Waals surface area contributed by atoms with Crippen molar-refractivity contribution >= 4 is 35.0 Å². The fraction of sp³-hybridized carbons (Fsp3) is 0.0625. The van der Waals surface area contributed by atoms with E-state index in [0.29, 0.717) is 5.56 Å². The number of hydrogen-bond acceptors (Lipinski definition) is 3. The molecule has 118 valence electrons. The minimum absolute atomic E-state index is 0.0936. The maximum absolute atomic E-state index is 13.6. The van der Waals surface area contributed by atoms with E-state index in [1.54, 1.807) is 13.0 Å². The molecule has 23 heavy (non-hydrogen) atoms. The third-order valence-electron chi connectivity index (χ3n) is 3.07. The number of nitro benzene ring substituents is 1. The minimum atomic E-state index is -0.553. The van der Waals surface area contributed by atoms with Crippen LogP contribution in [0.15, 0.2) is 42.5 Å². The molecular formula is C16H12ClFN2O3. The summed E-state index contributed by atoms with van der Waals surface area (Å²) >= 11 is 5.85. The Balaban J connectivity index is 2.15. The molecule has 5 nitrogen and oxygen atoms in total. The number of carbonyl (C=O) groups is 1. The molecule has 2 rings (SSSR count). The van der Waals surface area contributed by atoms with Crippen LogP contribution in [0.2, 0.25) is 5.02 Å². The Labute approximate surface area is 136 Å². The average molecular weight is 335 g/mol. The van der Waals surface area contributed by atoms with Gasteiger partial charge in [0, 0.05) is 29.0 Å². The molecule has 0 spiro atoms. The van der Waals surface area contributed by atoms with Crippen LogP contribution in [-0.4, -0.2) is 10.8 Å². The van der Waals surface area contributed by atoms with E-state index >= 15 is 0 Å². The second kappa shape index (κ2) is 7.02. The molecule has 0 radical (unpaired) electrons. The molecule has 0 aliphatic carbocycles. The van der Waals surface area contributed by atoms with Crippen LogP contribution in [-0.2, 0) is 4.79 Å². The lowest BCUT2D eigenvalue weighted by Crippen LogP contribution is -2.08. The molecule has 1 amide bonds. The molecule has 2 aromatic rings. The van der Waals surface area contributed by atoms with Crippen molar-refractivity contribution in [1.82, 2.24) is 0 Å². The molecule has 0 bridgehead atoms. The van der Waals surface area contributed by atoms with E-state index in [4.69, 9.17) is 11.6 Å². The van der Waals surface area contributed by atoms with Gasteiger partial charge in [-0.3, -0.25) is 14.9 Å². The van der Waals surface area contributed by atoms with Gasteiger partial charge in [-0.05, 0) is 31.2 Å². The Morgan fingerprint density at radius 1 is 1.35 bits per heavy atom. The third kappa shape index (κ3) is 4.14. The Morgan fingerprint density at radius 2 is 2.09 bits per heavy atom. The zero-order chi connectivity index (χ0) is 17.0. The number of halogens is 2. The van der Waals surface area contributed by atoms with E-state index in [1.807, 2.05) is 0 Å². The first kappa shape index (κ1) is 16.6. The molecule has 0 aliphatic rings. The topological polar surface area (TPSA) is 72.2 Å². The number of nitrogens with zero attached hydrogens (tertiary/aromatic N) is 1. The van der Waals surface area contributed by atoms with Crippen LogP contribution in [0, 0.1) is 22.9 Å². The van der Waals surface area contributed by atoms with Crippen molar-refractivity contribution < 1.29 is 14.1 Å². The molecule has 0 fully saturated rings. The number of aryl methyl sites for hydroxylation is 1. The smallest absolute Gasteiger partial charge is 0.274 e. The number of amides is 1. The van der Waals surface area contributed by atoms with Gasteiger partial charge in [0.1, 0.15) is 5.82 Å². The minimum Gasteiger partial charge on any atom is -0.322 e. The summed E-state index contributed by atoms with van der Waals surface area (Å²) in [4.78, 5) is 22.2. The zero-order valence-electron chi connectivity index (χ0n) is 12.0. The summed E-state index contributed by atoms with van der Waals surface area (Å²) in [6.45, 7) is 1.60. The van der Waals surface area contributed by atoms with Crippen molar-refractivity contribution in [3.63, 3.8) is 0 Å². The number of hydrogen-bond donors (Lipinski definition) is 1. The van der Waals surface area contributed by atoms with Crippen LogP contribution in [0.5, 0.6) is 0 Å². The van der Waals surface area contributed by atoms with Crippen LogP contribution >= 0.6 is 11.6 Å². The predicted molar refractivity (Wildman–Crippen MR) is 86.9 cm³/mol. The zero-order valence-corrected chi connectivity index (χ0v) is 12.8. The summed E-state index contributed by atoms with van der Waals surface area (Å²) < 4.78 is 13.6. The lowest BCUT2D eigenvalue weighted by Gasteiger charge is -2.04. The molecule has 2 aromatic carbocycles. The number of anilines is 1. The molecule has 0 aromatic heterocycles. The first-order valence-electron chi connectivity index (χ1n) is 6.56. The van der Waals surface area contributed by atoms with Crippen molar-refractivity contribution in [3.05, 3.63) is 74.6 Å². The lowest BCUT2D eigenvalue weighted by molar-refractivity contribution is -0.385. The summed E-state index contributed by atoms with van der Waals surface area (Å²) in [6.07, 6.45) is 2.35. The van der Waals surface area contributed by atoms with Gasteiger partial charge >= 0.3 is 0 Å². The van der Waals surface area contributed by atoms with E-state index in [-0.39, 0.29) is 22.0 Å². The van der Waals surface area contributed by atoms with Gasteiger partial charge in [0.2, 0.25) is 5.91 Å². The predicted octanol–water partition coefficient (Wildman–Crippen LogP) is 4.35. The molecule has 0 unspecified atom stereocenters. The van der Waals surface area contributed by atoms with Gasteiger partial charge in [0.15, 0.2) is 0 Å². The van der Waals surface area contributed by atoms with E-state index in [9.17, 15) is 19.3 Å². The molecular weight excluding hydrogens is 323 g/mol. The second-order valence-corrected chi connectivity index (χ2v) is 5.12. The first-order valence-corrected chi connectivity index (χ1v) is 6.94. The highest BCUT2D eigenvalue weighted by Crippen LogP contribution is 2.23.